The van der Waals surface area contributed by atoms with Gasteiger partial charge in [-0.2, -0.15) is 0 Å². The second-order valence-electron chi connectivity index (χ2n) is 8.19. The van der Waals surface area contributed by atoms with Crippen LogP contribution in [0.5, 0.6) is 0 Å². The van der Waals surface area contributed by atoms with Gasteiger partial charge in [0.15, 0.2) is 0 Å². The van der Waals surface area contributed by atoms with E-state index in [2.05, 4.69) is 22.0 Å². The minimum absolute atomic E-state index is 0.00180. The van der Waals surface area contributed by atoms with E-state index < -0.39 is 0 Å². The van der Waals surface area contributed by atoms with E-state index in [-0.39, 0.29) is 11.8 Å². The van der Waals surface area contributed by atoms with E-state index in [0.717, 1.165) is 38.6 Å². The molecule has 2 fully saturated rings. The Bertz CT molecular complexity index is 817. The summed E-state index contributed by atoms with van der Waals surface area (Å²) in [5.41, 5.74) is 1.70. The molecule has 152 valence electrons. The highest BCUT2D eigenvalue weighted by Crippen LogP contribution is 2.33. The van der Waals surface area contributed by atoms with Crippen LogP contribution in [0.15, 0.2) is 54.7 Å². The Balaban J connectivity index is 1.38. The van der Waals surface area contributed by atoms with Crippen molar-refractivity contribution in [3.05, 3.63) is 66.0 Å². The molecule has 1 unspecified atom stereocenters. The summed E-state index contributed by atoms with van der Waals surface area (Å²) in [6, 6.07) is 15.7. The van der Waals surface area contributed by atoms with E-state index in [4.69, 9.17) is 0 Å². The van der Waals surface area contributed by atoms with Crippen LogP contribution in [0.1, 0.15) is 48.2 Å². The molecular formula is C24H29N3O2. The van der Waals surface area contributed by atoms with Gasteiger partial charge in [-0.25, -0.2) is 0 Å². The zero-order valence-electron chi connectivity index (χ0n) is 16.9. The number of nitrogens with zero attached hydrogens (tertiary/aromatic N) is 3. The van der Waals surface area contributed by atoms with Crippen molar-refractivity contribution in [3.8, 4) is 0 Å². The van der Waals surface area contributed by atoms with Crippen LogP contribution in [0.3, 0.4) is 0 Å². The second kappa shape index (κ2) is 9.21. The number of piperidine rings is 1. The lowest BCUT2D eigenvalue weighted by Crippen LogP contribution is -2.44. The average Bonchev–Trinajstić information content (AvgIpc) is 2.96. The smallest absolute Gasteiger partial charge is 0.272 e. The largest absolute Gasteiger partial charge is 0.338 e. The Morgan fingerprint density at radius 3 is 2.41 bits per heavy atom. The molecule has 2 amide bonds. The molecule has 1 aromatic heterocycles. The predicted octanol–water partition coefficient (Wildman–Crippen LogP) is 3.76. The Morgan fingerprint density at radius 2 is 1.69 bits per heavy atom. The number of carbonyl (C=O) groups is 2. The molecule has 5 nitrogen and oxygen atoms in total. The van der Waals surface area contributed by atoms with Gasteiger partial charge in [-0.15, -0.1) is 0 Å². The van der Waals surface area contributed by atoms with Gasteiger partial charge < -0.3 is 9.80 Å². The second-order valence-corrected chi connectivity index (χ2v) is 8.19. The number of pyridine rings is 1. The third-order valence-corrected chi connectivity index (χ3v) is 6.32. The van der Waals surface area contributed by atoms with Crippen molar-refractivity contribution >= 4 is 11.8 Å². The molecule has 0 saturated carbocycles. The Labute approximate surface area is 172 Å². The van der Waals surface area contributed by atoms with Gasteiger partial charge in [-0.3, -0.25) is 14.6 Å². The molecule has 5 heteroatoms. The number of amides is 2. The highest BCUT2D eigenvalue weighted by atomic mass is 16.2. The summed E-state index contributed by atoms with van der Waals surface area (Å²) in [5.74, 6) is 0.766. The van der Waals surface area contributed by atoms with Crippen molar-refractivity contribution in [2.45, 2.75) is 38.6 Å². The van der Waals surface area contributed by atoms with E-state index in [1.165, 1.54) is 5.56 Å². The Kier molecular flexibility index (Phi) is 6.23. The fraction of sp³-hybridized carbons (Fsp3) is 0.458. The van der Waals surface area contributed by atoms with E-state index in [1.54, 1.807) is 12.3 Å². The number of carbonyl (C=O) groups excluding carboxylic acids is 2. The van der Waals surface area contributed by atoms with Gasteiger partial charge in [-0.1, -0.05) is 42.8 Å². The lowest BCUT2D eigenvalue weighted by Gasteiger charge is -2.36. The monoisotopic (exact) mass is 391 g/mol. The normalized spacial score (nSPS) is 21.1. The van der Waals surface area contributed by atoms with Crippen LogP contribution >= 0.6 is 0 Å². The predicted molar refractivity (Wildman–Crippen MR) is 112 cm³/mol. The van der Waals surface area contributed by atoms with Gasteiger partial charge in [-0.05, 0) is 49.3 Å². The van der Waals surface area contributed by atoms with E-state index >= 15 is 0 Å². The molecule has 4 rings (SSSR count). The first-order valence-electron chi connectivity index (χ1n) is 10.8. The molecule has 0 N–H and O–H groups in total. The van der Waals surface area contributed by atoms with Crippen molar-refractivity contribution in [1.82, 2.24) is 14.8 Å². The van der Waals surface area contributed by atoms with Crippen LogP contribution in [-0.2, 0) is 11.3 Å². The van der Waals surface area contributed by atoms with Crippen molar-refractivity contribution in [2.75, 3.05) is 19.6 Å². The molecule has 29 heavy (non-hydrogen) atoms. The van der Waals surface area contributed by atoms with Crippen LogP contribution < -0.4 is 0 Å². The maximum atomic E-state index is 13.3. The molecule has 2 aromatic rings. The summed E-state index contributed by atoms with van der Waals surface area (Å²) >= 11 is 0. The summed E-state index contributed by atoms with van der Waals surface area (Å²) < 4.78 is 0. The van der Waals surface area contributed by atoms with Crippen molar-refractivity contribution in [2.24, 2.45) is 11.8 Å². The number of aromatic nitrogens is 1. The quantitative estimate of drug-likeness (QED) is 0.797. The third kappa shape index (κ3) is 4.66. The first-order valence-corrected chi connectivity index (χ1v) is 10.8. The number of likely N-dealkylation sites (tertiary alicyclic amines) is 2. The summed E-state index contributed by atoms with van der Waals surface area (Å²) in [5, 5.41) is 0. The van der Waals surface area contributed by atoms with Crippen LogP contribution in [-0.4, -0.2) is 46.2 Å². The zero-order chi connectivity index (χ0) is 20.1. The molecule has 0 radical (unpaired) electrons. The molecule has 2 aliphatic heterocycles. The summed E-state index contributed by atoms with van der Waals surface area (Å²) in [4.78, 5) is 34.1. The fourth-order valence-electron chi connectivity index (χ4n) is 4.69. The van der Waals surface area contributed by atoms with Gasteiger partial charge in [0.05, 0.1) is 0 Å². The first kappa shape index (κ1) is 19.6. The van der Waals surface area contributed by atoms with Crippen molar-refractivity contribution in [1.29, 1.82) is 0 Å². The number of rotatable bonds is 4. The van der Waals surface area contributed by atoms with Crippen LogP contribution in [0, 0.1) is 11.8 Å². The SMILES string of the molecule is O=C(c1ccccn1)N1CCC(C2CCCCN(Cc3ccccc3)C2=O)CC1. The molecule has 0 spiro atoms. The molecule has 3 heterocycles. The minimum atomic E-state index is 0.00180. The minimum Gasteiger partial charge on any atom is -0.338 e. The molecule has 0 aliphatic carbocycles. The zero-order valence-corrected chi connectivity index (χ0v) is 16.9. The van der Waals surface area contributed by atoms with Crippen LogP contribution in [0.4, 0.5) is 0 Å². The van der Waals surface area contributed by atoms with Crippen molar-refractivity contribution in [3.63, 3.8) is 0 Å². The lowest BCUT2D eigenvalue weighted by molar-refractivity contribution is -0.137. The lowest BCUT2D eigenvalue weighted by atomic mass is 9.81. The van der Waals surface area contributed by atoms with Gasteiger partial charge in [0.2, 0.25) is 5.91 Å². The number of hydrogen-bond acceptors (Lipinski definition) is 3. The Morgan fingerprint density at radius 1 is 0.931 bits per heavy atom. The summed E-state index contributed by atoms with van der Waals surface area (Å²) in [6.45, 7) is 2.97. The summed E-state index contributed by atoms with van der Waals surface area (Å²) in [7, 11) is 0. The van der Waals surface area contributed by atoms with E-state index in [1.807, 2.05) is 35.2 Å². The molecule has 1 atom stereocenters. The van der Waals surface area contributed by atoms with Gasteiger partial charge in [0.25, 0.3) is 5.91 Å². The maximum absolute atomic E-state index is 13.3. The Hall–Kier alpha value is -2.69. The fourth-order valence-corrected chi connectivity index (χ4v) is 4.69. The highest BCUT2D eigenvalue weighted by molar-refractivity contribution is 5.92. The molecule has 2 saturated heterocycles. The van der Waals surface area contributed by atoms with E-state index in [0.29, 0.717) is 37.2 Å². The van der Waals surface area contributed by atoms with Gasteiger partial charge in [0.1, 0.15) is 5.69 Å². The maximum Gasteiger partial charge on any atom is 0.272 e. The molecule has 1 aromatic carbocycles. The molecule has 2 aliphatic rings. The summed E-state index contributed by atoms with van der Waals surface area (Å²) in [6.07, 6.45) is 6.61. The topological polar surface area (TPSA) is 53.5 Å². The van der Waals surface area contributed by atoms with E-state index in [9.17, 15) is 9.59 Å². The van der Waals surface area contributed by atoms with Crippen molar-refractivity contribution < 1.29 is 9.59 Å². The standard InChI is InChI=1S/C24H29N3O2/c28-23-21(10-5-7-15-27(23)18-19-8-2-1-3-9-19)20-12-16-26(17-13-20)24(29)22-11-4-6-14-25-22/h1-4,6,8-9,11,14,20-21H,5,7,10,12-13,15-18H2. The highest BCUT2D eigenvalue weighted by Gasteiger charge is 2.36. The average molecular weight is 392 g/mol. The third-order valence-electron chi connectivity index (χ3n) is 6.32. The van der Waals surface area contributed by atoms with Crippen LogP contribution in [0.2, 0.25) is 0 Å². The number of hydrogen-bond donors (Lipinski definition) is 0. The van der Waals surface area contributed by atoms with Gasteiger partial charge >= 0.3 is 0 Å². The molecule has 0 bridgehead atoms. The molecular weight excluding hydrogens is 362 g/mol. The number of benzene rings is 1. The van der Waals surface area contributed by atoms with Gasteiger partial charge in [0, 0.05) is 38.3 Å². The first-order chi connectivity index (χ1) is 14.2. The van der Waals surface area contributed by atoms with Crippen LogP contribution in [0.25, 0.3) is 0 Å².